The minimum atomic E-state index is -3.33. The predicted octanol–water partition coefficient (Wildman–Crippen LogP) is 3.77. The van der Waals surface area contributed by atoms with Gasteiger partial charge >= 0.3 is 6.09 Å². The number of hydrogen-bond acceptors (Lipinski definition) is 4. The number of halogens is 1. The van der Waals surface area contributed by atoms with E-state index in [1.807, 2.05) is 0 Å². The Kier molecular flexibility index (Phi) is 5.53. The van der Waals surface area contributed by atoms with E-state index in [0.29, 0.717) is 5.56 Å². The molecule has 1 aromatic rings. The minimum Gasteiger partial charge on any atom is -0.465 e. The molecule has 0 bridgehead atoms. The lowest BCUT2D eigenvalue weighted by Crippen LogP contribution is -2.57. The zero-order valence-corrected chi connectivity index (χ0v) is 18.8. The molecule has 2 atom stereocenters. The molecule has 9 heteroatoms. The fraction of sp³-hybridized carbons (Fsp3) is 0.474. The Morgan fingerprint density at radius 3 is 2.50 bits per heavy atom. The van der Waals surface area contributed by atoms with E-state index < -0.39 is 40.0 Å². The molecular formula is C19H26FN3O3SSi. The van der Waals surface area contributed by atoms with Crippen LogP contribution in [0, 0.1) is 22.1 Å². The Morgan fingerprint density at radius 2 is 1.96 bits per heavy atom. The third-order valence-corrected chi connectivity index (χ3v) is 8.28. The topological polar surface area (TPSA) is 103 Å². The molecule has 0 spiro atoms. The summed E-state index contributed by atoms with van der Waals surface area (Å²) in [7, 11) is -4.96. The van der Waals surface area contributed by atoms with Gasteiger partial charge in [0.05, 0.1) is 15.5 Å². The number of nitrogens with one attached hydrogen (secondary N) is 2. The first-order valence-electron chi connectivity index (χ1n) is 8.77. The first-order chi connectivity index (χ1) is 12.6. The molecule has 3 N–H and O–H groups in total. The van der Waals surface area contributed by atoms with Crippen molar-refractivity contribution in [2.75, 3.05) is 5.75 Å². The van der Waals surface area contributed by atoms with E-state index >= 15 is 0 Å². The van der Waals surface area contributed by atoms with E-state index in [-0.39, 0.29) is 17.2 Å². The van der Waals surface area contributed by atoms with Crippen LogP contribution in [0.15, 0.2) is 23.2 Å². The van der Waals surface area contributed by atoms with Crippen molar-refractivity contribution in [3.05, 3.63) is 35.1 Å². The maximum absolute atomic E-state index is 14.7. The molecule has 0 fully saturated rings. The maximum Gasteiger partial charge on any atom is 0.410 e. The normalized spacial score (nSPS) is 26.6. The van der Waals surface area contributed by atoms with Crippen molar-refractivity contribution in [2.45, 2.75) is 50.7 Å². The number of carboxylic acid groups (broad SMARTS) is 1. The highest BCUT2D eigenvalue weighted by molar-refractivity contribution is 7.94. The van der Waals surface area contributed by atoms with Crippen LogP contribution in [0.2, 0.25) is 19.6 Å². The van der Waals surface area contributed by atoms with Crippen molar-refractivity contribution < 1.29 is 18.5 Å². The molecule has 1 aromatic carbocycles. The van der Waals surface area contributed by atoms with Gasteiger partial charge in [-0.25, -0.2) is 13.4 Å². The van der Waals surface area contributed by atoms with Crippen LogP contribution >= 0.6 is 0 Å². The van der Waals surface area contributed by atoms with Crippen LogP contribution in [0.3, 0.4) is 0 Å². The maximum atomic E-state index is 14.7. The largest absolute Gasteiger partial charge is 0.465 e. The molecule has 0 aliphatic carbocycles. The fourth-order valence-corrected chi connectivity index (χ4v) is 5.14. The SMILES string of the molecule is CC1(C)C(NC(=O)O)=N[C@](C)(c2cc(C#C[Si](C)(C)C)ccc2F)CS1(=N)=O. The van der Waals surface area contributed by atoms with Crippen molar-refractivity contribution in [1.82, 2.24) is 5.32 Å². The van der Waals surface area contributed by atoms with E-state index in [1.165, 1.54) is 19.9 Å². The van der Waals surface area contributed by atoms with Crippen molar-refractivity contribution in [1.29, 1.82) is 4.78 Å². The Bertz CT molecular complexity index is 1020. The smallest absolute Gasteiger partial charge is 0.410 e. The van der Waals surface area contributed by atoms with E-state index in [1.54, 1.807) is 19.1 Å². The molecule has 28 heavy (non-hydrogen) atoms. The zero-order valence-electron chi connectivity index (χ0n) is 16.9. The van der Waals surface area contributed by atoms with Gasteiger partial charge in [0.1, 0.15) is 30.0 Å². The van der Waals surface area contributed by atoms with E-state index in [2.05, 4.69) is 41.4 Å². The van der Waals surface area contributed by atoms with Crippen LogP contribution in [0.4, 0.5) is 9.18 Å². The van der Waals surface area contributed by atoms with Crippen LogP contribution in [0.1, 0.15) is 31.9 Å². The first kappa shape index (κ1) is 22.1. The van der Waals surface area contributed by atoms with Gasteiger partial charge in [-0.3, -0.25) is 15.1 Å². The molecule has 0 radical (unpaired) electrons. The quantitative estimate of drug-likeness (QED) is 0.473. The van der Waals surface area contributed by atoms with Crippen LogP contribution < -0.4 is 5.32 Å². The van der Waals surface area contributed by atoms with Crippen LogP contribution in [0.5, 0.6) is 0 Å². The Hall–Kier alpha value is -2.18. The molecule has 1 aliphatic heterocycles. The molecule has 0 saturated heterocycles. The summed E-state index contributed by atoms with van der Waals surface area (Å²) in [6, 6.07) is 4.40. The average Bonchev–Trinajstić information content (AvgIpc) is 2.50. The minimum absolute atomic E-state index is 0.105. The lowest BCUT2D eigenvalue weighted by atomic mass is 9.92. The molecule has 0 aromatic heterocycles. The summed E-state index contributed by atoms with van der Waals surface area (Å²) in [5, 5.41) is 11.3. The van der Waals surface area contributed by atoms with Gasteiger partial charge in [-0.15, -0.1) is 5.54 Å². The van der Waals surface area contributed by atoms with E-state index in [0.717, 1.165) is 0 Å². The van der Waals surface area contributed by atoms with Gasteiger partial charge in [0, 0.05) is 11.1 Å². The summed E-state index contributed by atoms with van der Waals surface area (Å²) in [5.41, 5.74) is 2.61. The molecule has 1 aliphatic rings. The fourth-order valence-electron chi connectivity index (χ4n) is 2.84. The van der Waals surface area contributed by atoms with Crippen molar-refractivity contribution >= 4 is 29.7 Å². The summed E-state index contributed by atoms with van der Waals surface area (Å²) >= 11 is 0. The lowest BCUT2D eigenvalue weighted by Gasteiger charge is -2.40. The van der Waals surface area contributed by atoms with Gasteiger partial charge in [-0.05, 0) is 39.0 Å². The summed E-state index contributed by atoms with van der Waals surface area (Å²) in [4.78, 5) is 15.6. The molecule has 1 amide bonds. The van der Waals surface area contributed by atoms with Gasteiger partial charge < -0.3 is 5.11 Å². The van der Waals surface area contributed by atoms with Crippen LogP contribution in [-0.2, 0) is 15.3 Å². The van der Waals surface area contributed by atoms with Gasteiger partial charge in [0.2, 0.25) is 0 Å². The molecular weight excluding hydrogens is 397 g/mol. The third-order valence-electron chi connectivity index (χ3n) is 4.59. The number of carbonyl (C=O) groups is 1. The molecule has 1 heterocycles. The van der Waals surface area contributed by atoms with Crippen molar-refractivity contribution in [3.8, 4) is 11.5 Å². The summed E-state index contributed by atoms with van der Waals surface area (Å²) in [6.07, 6.45) is -1.37. The number of rotatable bonds is 1. The predicted molar refractivity (Wildman–Crippen MR) is 112 cm³/mol. The van der Waals surface area contributed by atoms with Gasteiger partial charge in [0.15, 0.2) is 0 Å². The zero-order chi connectivity index (χ0) is 21.5. The number of benzene rings is 1. The highest BCUT2D eigenvalue weighted by Crippen LogP contribution is 2.38. The van der Waals surface area contributed by atoms with Gasteiger partial charge in [-0.2, -0.15) is 0 Å². The highest BCUT2D eigenvalue weighted by atomic mass is 32.2. The monoisotopic (exact) mass is 423 g/mol. The molecule has 152 valence electrons. The number of aliphatic imine (C=N–C) groups is 1. The average molecular weight is 424 g/mol. The summed E-state index contributed by atoms with van der Waals surface area (Å²) < 4.78 is 34.9. The molecule has 2 rings (SSSR count). The Balaban J connectivity index is 2.68. The standard InChI is InChI=1S/C19H26FN3O3SSi/c1-18(2)16(22-17(24)25)23-19(3,12-27(18,21)26)14-11-13(7-8-15(14)20)9-10-28(4,5)6/h7-8,11,21H,12H2,1-6H3,(H,22,23)(H,24,25)/t19-,27?/m0/s1. The second kappa shape index (κ2) is 7.01. The molecule has 6 nitrogen and oxygen atoms in total. The highest BCUT2D eigenvalue weighted by Gasteiger charge is 2.48. The van der Waals surface area contributed by atoms with Crippen molar-refractivity contribution in [2.24, 2.45) is 4.99 Å². The second-order valence-corrected chi connectivity index (χ2v) is 16.1. The number of amidine groups is 1. The lowest BCUT2D eigenvalue weighted by molar-refractivity contribution is 0.199. The number of hydrogen-bond donors (Lipinski definition) is 3. The third kappa shape index (κ3) is 4.44. The van der Waals surface area contributed by atoms with Crippen LogP contribution in [0.25, 0.3) is 0 Å². The molecule has 0 saturated carbocycles. The van der Waals surface area contributed by atoms with Gasteiger partial charge in [0.25, 0.3) is 0 Å². The first-order valence-corrected chi connectivity index (χ1v) is 14.0. The van der Waals surface area contributed by atoms with E-state index in [4.69, 9.17) is 9.89 Å². The molecule has 1 unspecified atom stereocenters. The van der Waals surface area contributed by atoms with Crippen LogP contribution in [-0.4, -0.2) is 39.8 Å². The Labute approximate surface area is 166 Å². The second-order valence-electron chi connectivity index (χ2n) is 8.69. The number of amides is 1. The van der Waals surface area contributed by atoms with E-state index in [9.17, 15) is 13.4 Å². The summed E-state index contributed by atoms with van der Waals surface area (Å²) in [6.45, 7) is 10.9. The van der Waals surface area contributed by atoms with Crippen molar-refractivity contribution in [3.63, 3.8) is 0 Å². The van der Waals surface area contributed by atoms with Gasteiger partial charge in [-0.1, -0.05) is 25.6 Å². The number of nitrogens with zero attached hydrogens (tertiary/aromatic N) is 1. The summed E-state index contributed by atoms with van der Waals surface area (Å²) in [5.74, 6) is 2.17. The Morgan fingerprint density at radius 1 is 1.36 bits per heavy atom.